The van der Waals surface area contributed by atoms with E-state index in [0.29, 0.717) is 36.4 Å². The second kappa shape index (κ2) is 7.07. The van der Waals surface area contributed by atoms with Gasteiger partial charge in [0.1, 0.15) is 24.3 Å². The summed E-state index contributed by atoms with van der Waals surface area (Å²) in [6, 6.07) is 9.78. The molecule has 1 aliphatic heterocycles. The van der Waals surface area contributed by atoms with E-state index in [1.165, 1.54) is 6.39 Å². The van der Waals surface area contributed by atoms with Crippen LogP contribution in [0.1, 0.15) is 37.4 Å². The van der Waals surface area contributed by atoms with Gasteiger partial charge in [-0.2, -0.15) is 0 Å². The van der Waals surface area contributed by atoms with E-state index < -0.39 is 0 Å². The maximum absolute atomic E-state index is 12.3. The number of benzene rings is 2. The Hall–Kier alpha value is -3.41. The van der Waals surface area contributed by atoms with E-state index in [2.05, 4.69) is 10.3 Å². The van der Waals surface area contributed by atoms with Crippen LogP contribution in [0.15, 0.2) is 47.4 Å². The zero-order valence-corrected chi connectivity index (χ0v) is 14.8. The summed E-state index contributed by atoms with van der Waals surface area (Å²) >= 11 is 0. The van der Waals surface area contributed by atoms with Crippen LogP contribution >= 0.6 is 0 Å². The molecule has 6 nitrogen and oxygen atoms in total. The molecule has 1 N–H and O–H groups in total. The zero-order valence-electron chi connectivity index (χ0n) is 14.8. The van der Waals surface area contributed by atoms with Gasteiger partial charge < -0.3 is 14.5 Å². The zero-order chi connectivity index (χ0) is 18.8. The third kappa shape index (κ3) is 3.21. The van der Waals surface area contributed by atoms with E-state index in [-0.39, 0.29) is 5.91 Å². The van der Waals surface area contributed by atoms with Crippen molar-refractivity contribution in [3.05, 3.63) is 70.8 Å². The first-order valence-corrected chi connectivity index (χ1v) is 8.67. The van der Waals surface area contributed by atoms with Crippen molar-refractivity contribution in [1.82, 2.24) is 10.3 Å². The van der Waals surface area contributed by atoms with Gasteiger partial charge >= 0.3 is 0 Å². The fraction of sp³-hybridized carbons (Fsp3) is 0.190. The monoisotopic (exact) mass is 362 g/mol. The molecule has 0 unspecified atom stereocenters. The lowest BCUT2D eigenvalue weighted by molar-refractivity contribution is 0.0957. The number of nitrogens with zero attached hydrogens (tertiary/aromatic N) is 1. The molecule has 0 bridgehead atoms. The van der Waals surface area contributed by atoms with Crippen LogP contribution in [0.4, 0.5) is 0 Å². The van der Waals surface area contributed by atoms with Crippen LogP contribution in [-0.4, -0.2) is 30.3 Å². The second-order valence-electron chi connectivity index (χ2n) is 6.42. The summed E-state index contributed by atoms with van der Waals surface area (Å²) < 4.78 is 10.7. The van der Waals surface area contributed by atoms with Crippen LogP contribution in [0.2, 0.25) is 0 Å². The van der Waals surface area contributed by atoms with Crippen LogP contribution < -0.4 is 10.1 Å². The second-order valence-corrected chi connectivity index (χ2v) is 6.42. The minimum Gasteiger partial charge on any atom is -0.490 e. The Labute approximate surface area is 156 Å². The van der Waals surface area contributed by atoms with Crippen LogP contribution in [0, 0.1) is 6.92 Å². The Morgan fingerprint density at radius 2 is 2.07 bits per heavy atom. The molecule has 0 saturated heterocycles. The highest BCUT2D eigenvalue weighted by molar-refractivity contribution is 6.01. The summed E-state index contributed by atoms with van der Waals surface area (Å²) in [5.41, 5.74) is 5.42. The summed E-state index contributed by atoms with van der Waals surface area (Å²) in [7, 11) is 0. The van der Waals surface area contributed by atoms with Crippen LogP contribution in [0.25, 0.3) is 11.3 Å². The Morgan fingerprint density at radius 1 is 1.26 bits per heavy atom. The minimum absolute atomic E-state index is 0.215. The molecule has 4 rings (SSSR count). The molecule has 0 aliphatic carbocycles. The van der Waals surface area contributed by atoms with Gasteiger partial charge in [0.05, 0.1) is 17.7 Å². The quantitative estimate of drug-likeness (QED) is 0.721. The third-order valence-electron chi connectivity index (χ3n) is 4.77. The maximum atomic E-state index is 12.3. The Bertz CT molecular complexity index is 992. The number of amides is 1. The first-order valence-electron chi connectivity index (χ1n) is 8.67. The summed E-state index contributed by atoms with van der Waals surface area (Å²) in [5, 5.41) is 2.79. The Balaban J connectivity index is 1.69. The molecule has 2 aromatic carbocycles. The molecule has 0 saturated carbocycles. The molecule has 136 valence electrons. The molecule has 0 spiro atoms. The van der Waals surface area contributed by atoms with E-state index in [0.717, 1.165) is 34.2 Å². The van der Waals surface area contributed by atoms with Gasteiger partial charge in [-0.1, -0.05) is 24.3 Å². The number of rotatable bonds is 4. The van der Waals surface area contributed by atoms with Gasteiger partial charge in [-0.05, 0) is 36.1 Å². The molecule has 6 heteroatoms. The molecule has 27 heavy (non-hydrogen) atoms. The number of nitrogens with one attached hydrogen (secondary N) is 1. The summed E-state index contributed by atoms with van der Waals surface area (Å²) in [5.74, 6) is 0.163. The van der Waals surface area contributed by atoms with Crippen molar-refractivity contribution in [2.24, 2.45) is 0 Å². The van der Waals surface area contributed by atoms with Crippen LogP contribution in [0.5, 0.6) is 5.75 Å². The van der Waals surface area contributed by atoms with Crippen molar-refractivity contribution in [2.75, 3.05) is 13.2 Å². The van der Waals surface area contributed by atoms with Crippen molar-refractivity contribution in [3.63, 3.8) is 0 Å². The summed E-state index contributed by atoms with van der Waals surface area (Å²) in [4.78, 5) is 28.2. The van der Waals surface area contributed by atoms with Crippen molar-refractivity contribution in [1.29, 1.82) is 0 Å². The predicted molar refractivity (Wildman–Crippen MR) is 99.1 cm³/mol. The lowest BCUT2D eigenvalue weighted by Gasteiger charge is -2.15. The lowest BCUT2D eigenvalue weighted by Crippen LogP contribution is -2.24. The van der Waals surface area contributed by atoms with E-state index >= 15 is 0 Å². The number of hydrogen-bond acceptors (Lipinski definition) is 5. The summed E-state index contributed by atoms with van der Waals surface area (Å²) in [6.07, 6.45) is 4.37. The number of carbonyl (C=O) groups is 2. The number of fused-ring (bicyclic) bond motifs is 1. The van der Waals surface area contributed by atoms with Gasteiger partial charge in [0.15, 0.2) is 12.7 Å². The molecule has 1 aromatic heterocycles. The smallest absolute Gasteiger partial charge is 0.255 e. The van der Waals surface area contributed by atoms with Gasteiger partial charge in [-0.15, -0.1) is 0 Å². The average Bonchev–Trinajstić information content (AvgIpc) is 3.16. The molecule has 0 atom stereocenters. The first kappa shape index (κ1) is 17.0. The van der Waals surface area contributed by atoms with Gasteiger partial charge in [0.25, 0.3) is 5.91 Å². The van der Waals surface area contributed by atoms with E-state index in [4.69, 9.17) is 9.15 Å². The predicted octanol–water partition coefficient (Wildman–Crippen LogP) is 3.18. The van der Waals surface area contributed by atoms with E-state index in [1.807, 2.05) is 37.3 Å². The number of ether oxygens (including phenoxy) is 1. The molecular weight excluding hydrogens is 344 g/mol. The molecule has 2 heterocycles. The molecule has 1 amide bonds. The fourth-order valence-electron chi connectivity index (χ4n) is 3.27. The third-order valence-corrected chi connectivity index (χ3v) is 4.77. The van der Waals surface area contributed by atoms with Gasteiger partial charge in [-0.3, -0.25) is 9.59 Å². The van der Waals surface area contributed by atoms with Crippen LogP contribution in [0.3, 0.4) is 0 Å². The largest absolute Gasteiger partial charge is 0.490 e. The number of hydrogen-bond donors (Lipinski definition) is 1. The molecule has 1 aliphatic rings. The van der Waals surface area contributed by atoms with E-state index in [1.54, 1.807) is 6.26 Å². The van der Waals surface area contributed by atoms with E-state index in [9.17, 15) is 9.59 Å². The van der Waals surface area contributed by atoms with Gasteiger partial charge in [0, 0.05) is 5.56 Å². The first-order chi connectivity index (χ1) is 13.2. The highest BCUT2D eigenvalue weighted by atomic mass is 16.5. The van der Waals surface area contributed by atoms with Crippen molar-refractivity contribution in [2.45, 2.75) is 13.3 Å². The SMILES string of the molecule is Cc1c(Cc2ccc(-c3cocn3)cc2)cc2c(c1C=O)OCCNC2=O. The lowest BCUT2D eigenvalue weighted by atomic mass is 9.93. The molecular formula is C21H18N2O4. The maximum Gasteiger partial charge on any atom is 0.255 e. The van der Waals surface area contributed by atoms with Crippen molar-refractivity contribution >= 4 is 12.2 Å². The van der Waals surface area contributed by atoms with Gasteiger partial charge in [0.2, 0.25) is 0 Å². The molecule has 3 aromatic rings. The standard InChI is InChI=1S/C21H18N2O4/c1-13-16(8-14-2-4-15(5-3-14)19-11-26-12-23-19)9-17-20(18(13)10-24)27-7-6-22-21(17)25/h2-5,9-12H,6-8H2,1H3,(H,22,25). The molecule has 0 fully saturated rings. The average molecular weight is 362 g/mol. The van der Waals surface area contributed by atoms with Crippen LogP contribution in [-0.2, 0) is 6.42 Å². The van der Waals surface area contributed by atoms with Crippen molar-refractivity contribution in [3.8, 4) is 17.0 Å². The van der Waals surface area contributed by atoms with Gasteiger partial charge in [-0.25, -0.2) is 4.98 Å². The fourth-order valence-corrected chi connectivity index (χ4v) is 3.27. The van der Waals surface area contributed by atoms with Crippen molar-refractivity contribution < 1.29 is 18.7 Å². The Morgan fingerprint density at radius 3 is 2.78 bits per heavy atom. The highest BCUT2D eigenvalue weighted by Gasteiger charge is 2.23. The number of aromatic nitrogens is 1. The number of carbonyl (C=O) groups excluding carboxylic acids is 2. The highest BCUT2D eigenvalue weighted by Crippen LogP contribution is 2.31. The summed E-state index contributed by atoms with van der Waals surface area (Å²) in [6.45, 7) is 2.65. The number of aldehydes is 1. The topological polar surface area (TPSA) is 81.4 Å². The molecule has 0 radical (unpaired) electrons. The Kier molecular flexibility index (Phi) is 4.46. The normalized spacial score (nSPS) is 13.3. The number of oxazole rings is 1. The minimum atomic E-state index is -0.215.